The normalized spacial score (nSPS) is 11.5. The van der Waals surface area contributed by atoms with Gasteiger partial charge in [-0.25, -0.2) is 8.42 Å². The molecule has 0 spiro atoms. The topological polar surface area (TPSA) is 69.7 Å². The van der Waals surface area contributed by atoms with Crippen molar-refractivity contribution in [2.24, 2.45) is 0 Å². The van der Waals surface area contributed by atoms with E-state index in [9.17, 15) is 13.2 Å². The average molecular weight is 404 g/mol. The van der Waals surface area contributed by atoms with Gasteiger partial charge in [-0.3, -0.25) is 4.79 Å². The van der Waals surface area contributed by atoms with Crippen molar-refractivity contribution in [1.82, 2.24) is 4.31 Å². The predicted octanol–water partition coefficient (Wildman–Crippen LogP) is 3.82. The monoisotopic (exact) mass is 403 g/mol. The second-order valence-electron chi connectivity index (χ2n) is 6.26. The van der Waals surface area contributed by atoms with Crippen LogP contribution < -0.4 is 10.2 Å². The highest BCUT2D eigenvalue weighted by atomic mass is 32.2. The van der Waals surface area contributed by atoms with Crippen molar-refractivity contribution < 1.29 is 13.2 Å². The van der Waals surface area contributed by atoms with Gasteiger partial charge in [0.15, 0.2) is 0 Å². The van der Waals surface area contributed by atoms with Gasteiger partial charge in [0.25, 0.3) is 5.91 Å². The molecule has 7 heteroatoms. The SMILES string of the molecule is CCN(CC)c1ccc(S(=O)(=O)N(CC)CC)cc1NC(=O)c1ccccc1. The molecule has 0 saturated carbocycles. The largest absolute Gasteiger partial charge is 0.370 e. The van der Waals surface area contributed by atoms with Crippen LogP contribution in [0.25, 0.3) is 0 Å². The van der Waals surface area contributed by atoms with Gasteiger partial charge in [0.1, 0.15) is 0 Å². The summed E-state index contributed by atoms with van der Waals surface area (Å²) < 4.78 is 27.2. The van der Waals surface area contributed by atoms with Crippen LogP contribution in [-0.2, 0) is 10.0 Å². The Bertz CT molecular complexity index is 890. The number of anilines is 2. The van der Waals surface area contributed by atoms with Gasteiger partial charge in [-0.05, 0) is 44.2 Å². The third kappa shape index (κ3) is 4.72. The number of carbonyl (C=O) groups is 1. The van der Waals surface area contributed by atoms with Crippen LogP contribution in [-0.4, -0.2) is 44.8 Å². The van der Waals surface area contributed by atoms with E-state index in [2.05, 4.69) is 10.2 Å². The molecule has 6 nitrogen and oxygen atoms in total. The summed E-state index contributed by atoms with van der Waals surface area (Å²) in [6.45, 7) is 9.93. The average Bonchev–Trinajstić information content (AvgIpc) is 2.71. The number of benzene rings is 2. The van der Waals surface area contributed by atoms with Gasteiger partial charge >= 0.3 is 0 Å². The Labute approximate surface area is 168 Å². The van der Waals surface area contributed by atoms with Crippen molar-refractivity contribution in [2.45, 2.75) is 32.6 Å². The lowest BCUT2D eigenvalue weighted by atomic mass is 10.2. The summed E-state index contributed by atoms with van der Waals surface area (Å²) in [5.41, 5.74) is 1.81. The van der Waals surface area contributed by atoms with Crippen molar-refractivity contribution in [2.75, 3.05) is 36.4 Å². The molecule has 1 amide bonds. The van der Waals surface area contributed by atoms with Crippen LogP contribution in [0.2, 0.25) is 0 Å². The zero-order valence-electron chi connectivity index (χ0n) is 17.0. The van der Waals surface area contributed by atoms with Crippen molar-refractivity contribution in [1.29, 1.82) is 0 Å². The van der Waals surface area contributed by atoms with Gasteiger partial charge < -0.3 is 10.2 Å². The molecule has 0 saturated heterocycles. The van der Waals surface area contributed by atoms with Crippen LogP contribution in [0, 0.1) is 0 Å². The van der Waals surface area contributed by atoms with E-state index >= 15 is 0 Å². The lowest BCUT2D eigenvalue weighted by molar-refractivity contribution is 0.102. The van der Waals surface area contributed by atoms with Crippen molar-refractivity contribution in [3.05, 3.63) is 54.1 Å². The maximum absolute atomic E-state index is 12.9. The summed E-state index contributed by atoms with van der Waals surface area (Å²) in [6, 6.07) is 13.8. The van der Waals surface area contributed by atoms with Gasteiger partial charge in [0.05, 0.1) is 16.3 Å². The Morgan fingerprint density at radius 1 is 0.893 bits per heavy atom. The standard InChI is InChI=1S/C21H29N3O3S/c1-5-23(6-2)20-15-14-18(28(26,27)24(7-3)8-4)16-19(20)22-21(25)17-12-10-9-11-13-17/h9-16H,5-8H2,1-4H3,(H,22,25). The van der Waals surface area contributed by atoms with E-state index in [4.69, 9.17) is 0 Å². The molecule has 0 aliphatic heterocycles. The molecule has 0 unspecified atom stereocenters. The van der Waals surface area contributed by atoms with Crippen LogP contribution in [0.15, 0.2) is 53.4 Å². The number of rotatable bonds is 9. The third-order valence-electron chi connectivity index (χ3n) is 4.70. The molecule has 0 bridgehead atoms. The van der Waals surface area contributed by atoms with Crippen LogP contribution in [0.4, 0.5) is 11.4 Å². The first-order valence-corrected chi connectivity index (χ1v) is 11.1. The van der Waals surface area contributed by atoms with Gasteiger partial charge in [0.2, 0.25) is 10.0 Å². The second kappa shape index (κ2) is 9.71. The Balaban J connectivity index is 2.51. The minimum absolute atomic E-state index is 0.176. The second-order valence-corrected chi connectivity index (χ2v) is 8.20. The molecule has 2 aromatic rings. The third-order valence-corrected chi connectivity index (χ3v) is 6.75. The molecule has 28 heavy (non-hydrogen) atoms. The summed E-state index contributed by atoms with van der Waals surface area (Å²) in [5.74, 6) is -0.272. The van der Waals surface area contributed by atoms with E-state index in [1.807, 2.05) is 33.8 Å². The zero-order valence-corrected chi connectivity index (χ0v) is 17.8. The maximum atomic E-state index is 12.9. The zero-order chi connectivity index (χ0) is 20.7. The Hall–Kier alpha value is -2.38. The molecular weight excluding hydrogens is 374 g/mol. The predicted molar refractivity (Wildman–Crippen MR) is 115 cm³/mol. The molecule has 2 aromatic carbocycles. The van der Waals surface area contributed by atoms with E-state index in [0.717, 1.165) is 18.8 Å². The van der Waals surface area contributed by atoms with Gasteiger partial charge in [-0.1, -0.05) is 32.0 Å². The van der Waals surface area contributed by atoms with Crippen LogP contribution in [0.3, 0.4) is 0 Å². The summed E-state index contributed by atoms with van der Waals surface area (Å²) in [7, 11) is -3.62. The van der Waals surface area contributed by atoms with Gasteiger partial charge in [-0.2, -0.15) is 4.31 Å². The molecule has 0 aliphatic rings. The summed E-state index contributed by atoms with van der Waals surface area (Å²) in [5, 5.41) is 2.90. The number of sulfonamides is 1. The van der Waals surface area contributed by atoms with Gasteiger partial charge in [0, 0.05) is 31.7 Å². The molecule has 0 fully saturated rings. The fraction of sp³-hybridized carbons (Fsp3) is 0.381. The molecule has 0 heterocycles. The lowest BCUT2D eigenvalue weighted by Crippen LogP contribution is -2.31. The Morgan fingerprint density at radius 2 is 1.50 bits per heavy atom. The molecule has 0 aliphatic carbocycles. The summed E-state index contributed by atoms with van der Waals surface area (Å²) >= 11 is 0. The summed E-state index contributed by atoms with van der Waals surface area (Å²) in [4.78, 5) is 14.9. The number of amides is 1. The minimum atomic E-state index is -3.62. The smallest absolute Gasteiger partial charge is 0.255 e. The Morgan fingerprint density at radius 3 is 2.04 bits per heavy atom. The lowest BCUT2D eigenvalue weighted by Gasteiger charge is -2.26. The minimum Gasteiger partial charge on any atom is -0.370 e. The summed E-state index contributed by atoms with van der Waals surface area (Å²) in [6.07, 6.45) is 0. The highest BCUT2D eigenvalue weighted by Crippen LogP contribution is 2.30. The first kappa shape index (κ1) is 21.9. The van der Waals surface area contributed by atoms with Crippen molar-refractivity contribution in [3.8, 4) is 0 Å². The molecule has 0 aromatic heterocycles. The molecular formula is C21H29N3O3S. The molecule has 152 valence electrons. The van der Waals surface area contributed by atoms with E-state index in [-0.39, 0.29) is 10.8 Å². The first-order valence-electron chi connectivity index (χ1n) is 9.64. The highest BCUT2D eigenvalue weighted by Gasteiger charge is 2.24. The number of nitrogens with zero attached hydrogens (tertiary/aromatic N) is 2. The maximum Gasteiger partial charge on any atom is 0.255 e. The van der Waals surface area contributed by atoms with E-state index in [1.165, 1.54) is 4.31 Å². The fourth-order valence-corrected chi connectivity index (χ4v) is 4.60. The number of nitrogens with one attached hydrogen (secondary N) is 1. The van der Waals surface area contributed by atoms with E-state index in [1.54, 1.807) is 42.5 Å². The van der Waals surface area contributed by atoms with Gasteiger partial charge in [-0.15, -0.1) is 0 Å². The quantitative estimate of drug-likeness (QED) is 0.691. The van der Waals surface area contributed by atoms with Crippen LogP contribution >= 0.6 is 0 Å². The van der Waals surface area contributed by atoms with Crippen molar-refractivity contribution in [3.63, 3.8) is 0 Å². The molecule has 1 N–H and O–H groups in total. The number of hydrogen-bond donors (Lipinski definition) is 1. The first-order chi connectivity index (χ1) is 13.4. The number of hydrogen-bond acceptors (Lipinski definition) is 4. The van der Waals surface area contributed by atoms with E-state index in [0.29, 0.717) is 24.3 Å². The van der Waals surface area contributed by atoms with Crippen LogP contribution in [0.5, 0.6) is 0 Å². The highest BCUT2D eigenvalue weighted by molar-refractivity contribution is 7.89. The Kier molecular flexibility index (Phi) is 7.60. The molecule has 0 atom stereocenters. The fourth-order valence-electron chi connectivity index (χ4n) is 3.11. The van der Waals surface area contributed by atoms with Crippen molar-refractivity contribution >= 4 is 27.3 Å². The molecule has 0 radical (unpaired) electrons. The van der Waals surface area contributed by atoms with E-state index < -0.39 is 10.0 Å². The number of carbonyl (C=O) groups excluding carboxylic acids is 1. The van der Waals surface area contributed by atoms with Crippen LogP contribution in [0.1, 0.15) is 38.1 Å². The molecule has 2 rings (SSSR count).